The number of nitrogens with zero attached hydrogens (tertiary/aromatic N) is 7. The van der Waals surface area contributed by atoms with Crippen LogP contribution in [0.4, 0.5) is 0 Å². The van der Waals surface area contributed by atoms with Crippen LogP contribution in [-0.2, 0) is 0 Å². The van der Waals surface area contributed by atoms with Crippen LogP contribution in [0.1, 0.15) is 0 Å². The normalized spacial score (nSPS) is 12.3. The van der Waals surface area contributed by atoms with Crippen molar-refractivity contribution in [3.63, 3.8) is 0 Å². The highest BCUT2D eigenvalue weighted by Crippen LogP contribution is 2.51. The number of para-hydroxylation sites is 8. The second kappa shape index (κ2) is 28.8. The number of benzene rings is 20. The number of rotatable bonds is 11. The van der Waals surface area contributed by atoms with Crippen molar-refractivity contribution in [2.45, 2.75) is 0 Å². The summed E-state index contributed by atoms with van der Waals surface area (Å²) in [4.78, 5) is 5.80. The predicted octanol–water partition coefficient (Wildman–Crippen LogP) is 35.1. The van der Waals surface area contributed by atoms with E-state index in [4.69, 9.17) is 4.98 Å². The maximum Gasteiger partial charge on any atom is 0.155 e. The van der Waals surface area contributed by atoms with Gasteiger partial charge in [-0.05, 0) is 220 Å². The van der Waals surface area contributed by atoms with E-state index >= 15 is 0 Å². The Kier molecular flexibility index (Phi) is 15.9. The average Bonchev–Trinajstić information content (AvgIpc) is 1.57. The molecule has 0 N–H and O–H groups in total. The van der Waals surface area contributed by atoms with Crippen LogP contribution in [0.25, 0.3) is 281 Å². The molecule has 0 unspecified atom stereocenters. The van der Waals surface area contributed by atoms with Crippen molar-refractivity contribution in [2.75, 3.05) is 0 Å². The molecule has 0 aliphatic rings. The van der Waals surface area contributed by atoms with Gasteiger partial charge in [-0.15, -0.1) is 34.0 Å². The molecule has 0 fully saturated rings. The largest absolute Gasteiger partial charge is 0.309 e. The first kappa shape index (κ1) is 74.8. The van der Waals surface area contributed by atoms with Crippen molar-refractivity contribution in [1.29, 1.82) is 0 Å². The minimum absolute atomic E-state index is 0.909. The van der Waals surface area contributed by atoms with Gasteiger partial charge in [0.25, 0.3) is 0 Å². The molecule has 135 heavy (non-hydrogen) atoms. The molecule has 0 saturated heterocycles. The van der Waals surface area contributed by atoms with Crippen molar-refractivity contribution < 1.29 is 0 Å². The lowest BCUT2D eigenvalue weighted by Crippen LogP contribution is -2.00. The first-order valence-corrected chi connectivity index (χ1v) is 48.5. The van der Waals surface area contributed by atoms with Crippen LogP contribution in [0, 0.1) is 0 Å². The number of hydrogen-bond donors (Lipinski definition) is 0. The summed E-state index contributed by atoms with van der Waals surface area (Å²) < 4.78 is 22.3. The Labute approximate surface area is 784 Å². The second-order valence-electron chi connectivity index (χ2n) is 36.0. The molecule has 0 amide bonds. The summed E-state index contributed by atoms with van der Waals surface area (Å²) in [5.74, 6) is 0.909. The average molecular weight is 1770 g/mol. The van der Waals surface area contributed by atoms with Crippen molar-refractivity contribution in [3.05, 3.63) is 443 Å². The van der Waals surface area contributed by atoms with E-state index in [9.17, 15) is 0 Å². The zero-order chi connectivity index (χ0) is 87.9. The van der Waals surface area contributed by atoms with Crippen LogP contribution in [-0.4, -0.2) is 32.4 Å². The number of pyridine rings is 1. The molecule has 30 rings (SSSR count). The van der Waals surface area contributed by atoms with Gasteiger partial charge < -0.3 is 22.8 Å². The highest BCUT2D eigenvalue weighted by Gasteiger charge is 2.28. The third-order valence-corrected chi connectivity index (χ3v) is 32.4. The SMILES string of the molecule is c1ccc(-n2c3ccc(-c4ccc5c(c4)c4ccccc4n5-c4cccc5c4sc4ccccc45)cc3c3ccc(-c4ccc5c6ccccc6n(-c6ccc7c(c6)c6ccccc6n7-c6cc(-c7cccc(-c8cccc9c8sc8ccccc89)c7)cc(-c7cnc(-n8c9ccccc9c9ccccc98)c8sc9ccc(-n%10c%11ccccc%11c%11ccccc%11%10)cc9c78)c6)c5c4)cc32)cc1. The maximum absolute atomic E-state index is 5.80. The predicted molar refractivity (Wildman–Crippen MR) is 576 cm³/mol. The van der Waals surface area contributed by atoms with E-state index in [1.165, 1.54) is 160 Å². The Bertz CT molecular complexity index is 10300. The molecule has 0 aliphatic carbocycles. The van der Waals surface area contributed by atoms with E-state index < -0.39 is 0 Å². The van der Waals surface area contributed by atoms with Gasteiger partial charge in [-0.3, -0.25) is 4.57 Å². The fourth-order valence-corrected chi connectivity index (χ4v) is 26.5. The smallest absolute Gasteiger partial charge is 0.155 e. The molecule has 0 aliphatic heterocycles. The van der Waals surface area contributed by atoms with Crippen LogP contribution in [0.5, 0.6) is 0 Å². The maximum atomic E-state index is 5.80. The Morgan fingerprint density at radius 2 is 0.526 bits per heavy atom. The van der Waals surface area contributed by atoms with E-state index in [-0.39, 0.29) is 0 Å². The molecule has 0 radical (unpaired) electrons. The van der Waals surface area contributed by atoms with E-state index in [2.05, 4.69) is 470 Å². The van der Waals surface area contributed by atoms with Gasteiger partial charge in [0.05, 0.1) is 81.3 Å². The lowest BCUT2D eigenvalue weighted by Gasteiger charge is -2.16. The molecule has 20 aromatic carbocycles. The fourth-order valence-electron chi connectivity index (χ4n) is 22.9. The van der Waals surface area contributed by atoms with Gasteiger partial charge in [0.2, 0.25) is 0 Å². The Morgan fingerprint density at radius 3 is 1.12 bits per heavy atom. The van der Waals surface area contributed by atoms with Crippen molar-refractivity contribution in [2.24, 2.45) is 0 Å². The number of thiophene rings is 3. The van der Waals surface area contributed by atoms with Gasteiger partial charge in [-0.1, -0.05) is 267 Å². The summed E-state index contributed by atoms with van der Waals surface area (Å²) in [6, 6.07) is 164. The Balaban J connectivity index is 0.589. The Morgan fingerprint density at radius 1 is 0.163 bits per heavy atom. The van der Waals surface area contributed by atoms with Gasteiger partial charge in [0, 0.05) is 150 Å². The molecule has 0 atom stereocenters. The molecule has 10 heterocycles. The topological polar surface area (TPSA) is 42.5 Å². The third-order valence-electron chi connectivity index (χ3n) is 28.8. The van der Waals surface area contributed by atoms with Crippen molar-refractivity contribution in [1.82, 2.24) is 32.4 Å². The highest BCUT2D eigenvalue weighted by atomic mass is 32.1. The van der Waals surface area contributed by atoms with Crippen LogP contribution in [0.15, 0.2) is 443 Å². The van der Waals surface area contributed by atoms with Crippen LogP contribution < -0.4 is 0 Å². The van der Waals surface area contributed by atoms with Crippen molar-refractivity contribution >= 4 is 225 Å². The minimum atomic E-state index is 0.909. The summed E-state index contributed by atoms with van der Waals surface area (Å²) in [5, 5.41) is 22.0. The summed E-state index contributed by atoms with van der Waals surface area (Å²) >= 11 is 5.59. The monoisotopic (exact) mass is 1770 g/mol. The molecule has 30 aromatic rings. The van der Waals surface area contributed by atoms with Crippen LogP contribution in [0.2, 0.25) is 0 Å². The van der Waals surface area contributed by atoms with Gasteiger partial charge in [0.15, 0.2) is 5.82 Å². The molecule has 10 heteroatoms. The quantitative estimate of drug-likeness (QED) is 0.127. The van der Waals surface area contributed by atoms with Gasteiger partial charge in [-0.25, -0.2) is 4.98 Å². The molecular weight excluding hydrogens is 1700 g/mol. The lowest BCUT2D eigenvalue weighted by molar-refractivity contribution is 1.11. The molecule has 10 aromatic heterocycles. The third kappa shape index (κ3) is 11.0. The molecule has 7 nitrogen and oxygen atoms in total. The molecular formula is C125H73N7S3. The number of fused-ring (bicyclic) bond motifs is 27. The zero-order valence-electron chi connectivity index (χ0n) is 72.5. The first-order valence-electron chi connectivity index (χ1n) is 46.1. The first-order chi connectivity index (χ1) is 66.9. The fraction of sp³-hybridized carbons (Fsp3) is 0. The number of aromatic nitrogens is 7. The molecule has 0 spiro atoms. The van der Waals surface area contributed by atoms with Crippen molar-refractivity contribution in [3.8, 4) is 89.9 Å². The second-order valence-corrected chi connectivity index (χ2v) is 39.1. The van der Waals surface area contributed by atoms with Gasteiger partial charge in [0.1, 0.15) is 0 Å². The van der Waals surface area contributed by atoms with Gasteiger partial charge in [-0.2, -0.15) is 0 Å². The van der Waals surface area contributed by atoms with Gasteiger partial charge >= 0.3 is 0 Å². The minimum Gasteiger partial charge on any atom is -0.309 e. The van der Waals surface area contributed by atoms with Crippen LogP contribution in [0.3, 0.4) is 0 Å². The molecule has 0 bridgehead atoms. The summed E-state index contributed by atoms with van der Waals surface area (Å²) in [6.07, 6.45) is 2.19. The Hall–Kier alpha value is -17.0. The summed E-state index contributed by atoms with van der Waals surface area (Å²) in [7, 11) is 0. The zero-order valence-corrected chi connectivity index (χ0v) is 75.0. The van der Waals surface area contributed by atoms with E-state index in [0.717, 1.165) is 122 Å². The molecule has 0 saturated carbocycles. The van der Waals surface area contributed by atoms with E-state index in [1.54, 1.807) is 0 Å². The molecule has 626 valence electrons. The van der Waals surface area contributed by atoms with E-state index in [0.29, 0.717) is 0 Å². The van der Waals surface area contributed by atoms with Crippen LogP contribution >= 0.6 is 34.0 Å². The highest BCUT2D eigenvalue weighted by molar-refractivity contribution is 7.27. The lowest BCUT2D eigenvalue weighted by atomic mass is 9.94. The number of hydrogen-bond acceptors (Lipinski definition) is 4. The standard InChI is InChI=1S/C125H73N7S3/c1-2-27-82(28-3-1)127-112-59-53-75(76-54-60-114-100(67-76)92-34-10-17-45-109(92)131(114)115-48-24-40-99-97-37-12-21-50-119(97)134-123(99)115)68-101(112)95-58-52-78(70-117(95)127)77-51-57-94-91-33-6-15-43-107(91)129(116(94)69-77)83-55-61-113-102(71-83)93-35-9-16-44-108(93)130(113)85-65-80(74-25-22-26-79(63-74)86-38-23-39-98-96-36-11-20-49-118(96)133-122(86)98)64-81(66-85)104-73-126-125(132-110-46-18-7-31-89(110)90-32-8-19-47-111(90)132)124-121(104)103-72-84(56-62-120(103)135-124)128-105-41-13-4-29-87(105)88-30-5-14-42-106(88)128/h1-73H. The summed E-state index contributed by atoms with van der Waals surface area (Å²) in [5.41, 5.74) is 30.7. The summed E-state index contributed by atoms with van der Waals surface area (Å²) in [6.45, 7) is 0. The van der Waals surface area contributed by atoms with E-state index in [1.807, 2.05) is 34.0 Å².